The molecular formula is C25H26N8O5S. The fourth-order valence-electron chi connectivity index (χ4n) is 5.43. The first-order valence-electron chi connectivity index (χ1n) is 12.3. The van der Waals surface area contributed by atoms with Gasteiger partial charge in [-0.1, -0.05) is 29.5 Å². The topological polar surface area (TPSA) is 161 Å². The van der Waals surface area contributed by atoms with Crippen molar-refractivity contribution in [1.82, 2.24) is 35.1 Å². The van der Waals surface area contributed by atoms with Gasteiger partial charge in [0.05, 0.1) is 28.8 Å². The Hall–Kier alpha value is -4.43. The van der Waals surface area contributed by atoms with E-state index in [0.717, 1.165) is 21.3 Å². The van der Waals surface area contributed by atoms with Gasteiger partial charge in [0.15, 0.2) is 10.7 Å². The van der Waals surface area contributed by atoms with Gasteiger partial charge in [0, 0.05) is 27.1 Å². The predicted molar refractivity (Wildman–Crippen MR) is 143 cm³/mol. The Kier molecular flexibility index (Phi) is 5.99. The smallest absolute Gasteiger partial charge is 0.408 e. The second-order valence-electron chi connectivity index (χ2n) is 9.56. The van der Waals surface area contributed by atoms with Crippen molar-refractivity contribution in [3.05, 3.63) is 58.1 Å². The number of carbonyl (C=O) groups excluding carboxylic acids is 3. The molecule has 39 heavy (non-hydrogen) atoms. The Morgan fingerprint density at radius 3 is 2.90 bits per heavy atom. The molecule has 4 amide bonds. The van der Waals surface area contributed by atoms with Gasteiger partial charge >= 0.3 is 11.8 Å². The second-order valence-corrected chi connectivity index (χ2v) is 10.6. The van der Waals surface area contributed by atoms with Crippen LogP contribution in [0.1, 0.15) is 11.1 Å². The predicted octanol–water partition coefficient (Wildman–Crippen LogP) is 0.923. The Morgan fingerprint density at radius 1 is 1.28 bits per heavy atom. The first-order chi connectivity index (χ1) is 18.7. The van der Waals surface area contributed by atoms with Gasteiger partial charge in [0.1, 0.15) is 12.2 Å². The lowest BCUT2D eigenvalue weighted by Gasteiger charge is -2.45. The molecule has 2 saturated heterocycles. The monoisotopic (exact) mass is 550 g/mol. The minimum absolute atomic E-state index is 0.0432. The lowest BCUT2D eigenvalue weighted by molar-refractivity contribution is -0.157. The van der Waals surface area contributed by atoms with Gasteiger partial charge in [0.2, 0.25) is 11.8 Å². The number of hydrogen-bond acceptors (Lipinski definition) is 9. The summed E-state index contributed by atoms with van der Waals surface area (Å²) in [4.78, 5) is 61.8. The zero-order chi connectivity index (χ0) is 27.4. The number of rotatable bonds is 5. The highest BCUT2D eigenvalue weighted by molar-refractivity contribution is 7.22. The third-order valence-electron chi connectivity index (χ3n) is 7.25. The van der Waals surface area contributed by atoms with Gasteiger partial charge < -0.3 is 25.3 Å². The maximum Gasteiger partial charge on any atom is 0.417 e. The highest BCUT2D eigenvalue weighted by Gasteiger charge is 2.51. The molecule has 2 aliphatic rings. The third kappa shape index (κ3) is 4.27. The summed E-state index contributed by atoms with van der Waals surface area (Å²) < 4.78 is 6.02. The number of aromatic nitrogens is 2. The van der Waals surface area contributed by atoms with E-state index in [-0.39, 0.29) is 43.9 Å². The van der Waals surface area contributed by atoms with E-state index in [2.05, 4.69) is 15.3 Å². The van der Waals surface area contributed by atoms with Gasteiger partial charge in [0.25, 0.3) is 0 Å². The molecule has 2 fully saturated rings. The normalized spacial score (nSPS) is 19.7. The van der Waals surface area contributed by atoms with Crippen molar-refractivity contribution in [2.45, 2.75) is 25.2 Å². The van der Waals surface area contributed by atoms with E-state index in [1.54, 1.807) is 40.1 Å². The number of oxazole rings is 1. The molecule has 202 valence electrons. The summed E-state index contributed by atoms with van der Waals surface area (Å²) in [5.74, 6) is -1.03. The largest absolute Gasteiger partial charge is 0.417 e. The zero-order valence-electron chi connectivity index (χ0n) is 21.2. The number of thiazole rings is 1. The Morgan fingerprint density at radius 2 is 2.10 bits per heavy atom. The highest BCUT2D eigenvalue weighted by atomic mass is 32.1. The SMILES string of the molecule is CNC(=O)N(C)N1CC(=O)N2[C@@H](Cc3ccc4oc(=O)[nH]c4c3)C(=O)N(Cc3cccc4sc(N)nc34)C[C@@H]21. The molecule has 2 aromatic heterocycles. The fourth-order valence-corrected chi connectivity index (χ4v) is 6.22. The average Bonchev–Trinajstić information content (AvgIpc) is 3.58. The van der Waals surface area contributed by atoms with Crippen molar-refractivity contribution in [1.29, 1.82) is 0 Å². The number of nitrogens with one attached hydrogen (secondary N) is 2. The molecule has 14 heteroatoms. The van der Waals surface area contributed by atoms with Crippen LogP contribution in [-0.4, -0.2) is 87.0 Å². The number of nitrogens with two attached hydrogens (primary N) is 1. The van der Waals surface area contributed by atoms with Crippen LogP contribution in [0.15, 0.2) is 45.6 Å². The summed E-state index contributed by atoms with van der Waals surface area (Å²) in [6, 6.07) is 9.73. The van der Waals surface area contributed by atoms with Gasteiger partial charge in [-0.2, -0.15) is 5.01 Å². The van der Waals surface area contributed by atoms with Crippen molar-refractivity contribution in [3.8, 4) is 0 Å². The van der Waals surface area contributed by atoms with E-state index in [4.69, 9.17) is 10.2 Å². The molecule has 6 rings (SSSR count). The molecule has 0 saturated carbocycles. The number of anilines is 1. The minimum atomic E-state index is -0.824. The maximum atomic E-state index is 14.0. The van der Waals surface area contributed by atoms with Crippen LogP contribution in [0.5, 0.6) is 0 Å². The second kappa shape index (κ2) is 9.39. The summed E-state index contributed by atoms with van der Waals surface area (Å²) in [5, 5.41) is 6.07. The quantitative estimate of drug-likeness (QED) is 0.331. The van der Waals surface area contributed by atoms with Crippen molar-refractivity contribution in [2.75, 3.05) is 32.9 Å². The highest BCUT2D eigenvalue weighted by Crippen LogP contribution is 2.32. The summed E-state index contributed by atoms with van der Waals surface area (Å²) in [6.07, 6.45) is -0.341. The van der Waals surface area contributed by atoms with Gasteiger partial charge in [-0.05, 0) is 29.3 Å². The number of H-pyrrole nitrogens is 1. The molecule has 0 bridgehead atoms. The number of nitrogen functional groups attached to an aromatic ring is 1. The standard InChI is InChI=1S/C25H26N8O5S/c1-27-24(36)30(2)32-12-20(34)33-16(9-13-6-7-17-15(8-13)28-25(37)38-17)22(35)31(11-19(32)33)10-14-4-3-5-18-21(14)29-23(26)39-18/h3-8,16,19H,9-12H2,1-2H3,(H2,26,29)(H,27,36)(H,28,37)/t16-,19+/m0/s1. The van der Waals surface area contributed by atoms with Crippen molar-refractivity contribution in [3.63, 3.8) is 0 Å². The molecule has 0 unspecified atom stereocenters. The molecule has 2 aromatic carbocycles. The van der Waals surface area contributed by atoms with Crippen molar-refractivity contribution >= 4 is 55.6 Å². The lowest BCUT2D eigenvalue weighted by Crippen LogP contribution is -2.65. The molecule has 13 nitrogen and oxygen atoms in total. The number of para-hydroxylation sites is 1. The molecule has 4 heterocycles. The Labute approximate surface area is 225 Å². The molecule has 4 N–H and O–H groups in total. The number of urea groups is 1. The molecule has 0 spiro atoms. The first-order valence-corrected chi connectivity index (χ1v) is 13.1. The van der Waals surface area contributed by atoms with E-state index in [0.29, 0.717) is 16.2 Å². The molecular weight excluding hydrogens is 524 g/mol. The molecule has 2 aliphatic heterocycles. The van der Waals surface area contributed by atoms with Crippen LogP contribution in [0.4, 0.5) is 9.93 Å². The van der Waals surface area contributed by atoms with Crippen LogP contribution in [0.25, 0.3) is 21.3 Å². The van der Waals surface area contributed by atoms with Crippen LogP contribution < -0.4 is 16.8 Å². The zero-order valence-corrected chi connectivity index (χ0v) is 22.0. The van der Waals surface area contributed by atoms with Crippen LogP contribution in [0.2, 0.25) is 0 Å². The number of benzene rings is 2. The maximum absolute atomic E-state index is 14.0. The van der Waals surface area contributed by atoms with E-state index < -0.39 is 18.0 Å². The van der Waals surface area contributed by atoms with Crippen molar-refractivity contribution < 1.29 is 18.8 Å². The third-order valence-corrected chi connectivity index (χ3v) is 8.10. The van der Waals surface area contributed by atoms with Crippen LogP contribution in [0, 0.1) is 0 Å². The lowest BCUT2D eigenvalue weighted by atomic mass is 9.99. The Bertz CT molecular complexity index is 1680. The number of aromatic amines is 1. The molecule has 2 atom stereocenters. The van der Waals surface area contributed by atoms with E-state index in [9.17, 15) is 19.2 Å². The summed E-state index contributed by atoms with van der Waals surface area (Å²) in [5.41, 5.74) is 9.20. The first kappa shape index (κ1) is 24.9. The fraction of sp³-hybridized carbons (Fsp3) is 0.320. The van der Waals surface area contributed by atoms with Crippen LogP contribution >= 0.6 is 11.3 Å². The van der Waals surface area contributed by atoms with Gasteiger partial charge in [-0.15, -0.1) is 0 Å². The van der Waals surface area contributed by atoms with Gasteiger partial charge in [-0.25, -0.2) is 14.6 Å². The number of amides is 4. The molecule has 0 aliphatic carbocycles. The summed E-state index contributed by atoms with van der Waals surface area (Å²) >= 11 is 1.38. The Balaban J connectivity index is 1.37. The number of carbonyl (C=O) groups is 3. The summed E-state index contributed by atoms with van der Waals surface area (Å²) in [7, 11) is 3.11. The van der Waals surface area contributed by atoms with Gasteiger partial charge in [-0.3, -0.25) is 19.6 Å². The number of piperazine rings is 1. The van der Waals surface area contributed by atoms with E-state index >= 15 is 0 Å². The number of fused-ring (bicyclic) bond motifs is 3. The number of nitrogens with zero attached hydrogens (tertiary/aromatic N) is 5. The van der Waals surface area contributed by atoms with E-state index in [1.807, 2.05) is 18.2 Å². The van der Waals surface area contributed by atoms with E-state index in [1.165, 1.54) is 23.4 Å². The van der Waals surface area contributed by atoms with Crippen LogP contribution in [0.3, 0.4) is 0 Å². The number of hydrazine groups is 1. The van der Waals surface area contributed by atoms with Crippen LogP contribution in [-0.2, 0) is 22.6 Å². The minimum Gasteiger partial charge on any atom is -0.408 e. The molecule has 0 radical (unpaired) electrons. The average molecular weight is 551 g/mol. The van der Waals surface area contributed by atoms with Crippen molar-refractivity contribution in [2.24, 2.45) is 0 Å². The molecule has 4 aromatic rings. The summed E-state index contributed by atoms with van der Waals surface area (Å²) in [6.45, 7) is 0.422. The number of hydrogen-bond donors (Lipinski definition) is 3.